The number of thiazole rings is 1. The first-order valence-corrected chi connectivity index (χ1v) is 16.0. The van der Waals surface area contributed by atoms with Crippen LogP contribution in [0.15, 0.2) is 52.1 Å². The van der Waals surface area contributed by atoms with Gasteiger partial charge in [-0.1, -0.05) is 58.4 Å². The highest BCUT2D eigenvalue weighted by atomic mass is 35.5. The number of carbonyl (C=O) groups excluding carboxylic acids is 2. The number of aryl methyl sites for hydroxylation is 2. The Hall–Kier alpha value is -3.16. The Labute approximate surface area is 264 Å². The molecule has 1 amide bonds. The van der Waals surface area contributed by atoms with Crippen LogP contribution in [0, 0.1) is 13.8 Å². The number of methoxy groups -OCH3 is 1. The smallest absolute Gasteiger partial charge is 0.296 e. The molecule has 0 radical (unpaired) electrons. The van der Waals surface area contributed by atoms with E-state index in [1.54, 1.807) is 44.2 Å². The molecule has 3 heterocycles. The lowest BCUT2D eigenvalue weighted by atomic mass is 9.95. The van der Waals surface area contributed by atoms with Crippen LogP contribution in [0.5, 0.6) is 11.5 Å². The Morgan fingerprint density at radius 3 is 2.57 bits per heavy atom. The molecule has 0 aliphatic carbocycles. The van der Waals surface area contributed by atoms with Gasteiger partial charge in [0.1, 0.15) is 0 Å². The number of ketones is 1. The van der Waals surface area contributed by atoms with Crippen LogP contribution in [-0.4, -0.2) is 45.7 Å². The van der Waals surface area contributed by atoms with Crippen molar-refractivity contribution in [2.24, 2.45) is 0 Å². The number of carbonyl (C=O) groups is 2. The minimum Gasteiger partial charge on any atom is -0.503 e. The van der Waals surface area contributed by atoms with E-state index in [0.717, 1.165) is 16.9 Å². The van der Waals surface area contributed by atoms with E-state index in [2.05, 4.69) is 15.2 Å². The monoisotopic (exact) mass is 662 g/mol. The molecular formula is C28H24Cl2N4O5S3. The lowest BCUT2D eigenvalue weighted by Crippen LogP contribution is -2.31. The maximum absolute atomic E-state index is 13.9. The number of aromatic nitrogens is 3. The molecule has 2 aromatic heterocycles. The molecule has 1 aliphatic rings. The maximum atomic E-state index is 13.9. The number of nitrogens with zero attached hydrogens (tertiary/aromatic N) is 4. The third-order valence-corrected chi connectivity index (χ3v) is 10.1. The van der Waals surface area contributed by atoms with Crippen molar-refractivity contribution in [2.75, 3.05) is 18.6 Å². The Kier molecular flexibility index (Phi) is 9.09. The summed E-state index contributed by atoms with van der Waals surface area (Å²) in [6, 6.07) is 9.38. The second kappa shape index (κ2) is 12.6. The number of hydrogen-bond donors (Lipinski definition) is 1. The summed E-state index contributed by atoms with van der Waals surface area (Å²) >= 11 is 16.1. The van der Waals surface area contributed by atoms with E-state index in [4.69, 9.17) is 32.7 Å². The Morgan fingerprint density at radius 1 is 1.12 bits per heavy atom. The van der Waals surface area contributed by atoms with E-state index in [1.165, 1.54) is 35.1 Å². The number of amides is 1. The van der Waals surface area contributed by atoms with Crippen molar-refractivity contribution in [1.29, 1.82) is 0 Å². The van der Waals surface area contributed by atoms with E-state index in [0.29, 0.717) is 59.4 Å². The molecule has 0 fully saturated rings. The Morgan fingerprint density at radius 2 is 1.90 bits per heavy atom. The minimum absolute atomic E-state index is 0.0738. The second-order valence-electron chi connectivity index (χ2n) is 9.03. The van der Waals surface area contributed by atoms with Crippen LogP contribution >= 0.6 is 57.6 Å². The fraction of sp³-hybridized carbons (Fsp3) is 0.250. The Balaban J connectivity index is 1.54. The molecule has 1 N–H and O–H groups in total. The molecule has 1 atom stereocenters. The first-order valence-electron chi connectivity index (χ1n) is 12.6. The number of ether oxygens (including phenoxy) is 2. The van der Waals surface area contributed by atoms with Gasteiger partial charge in [0.05, 0.1) is 40.9 Å². The summed E-state index contributed by atoms with van der Waals surface area (Å²) in [5.41, 5.74) is 1.83. The summed E-state index contributed by atoms with van der Waals surface area (Å²) in [4.78, 5) is 33.5. The molecule has 0 spiro atoms. The summed E-state index contributed by atoms with van der Waals surface area (Å²) in [5, 5.41) is 21.7. The number of Topliss-reactive ketones (excluding diaryl/α,β-unsaturated/α-hetero) is 1. The predicted octanol–water partition coefficient (Wildman–Crippen LogP) is 7.40. The van der Waals surface area contributed by atoms with Crippen LogP contribution in [0.2, 0.25) is 10.0 Å². The maximum Gasteiger partial charge on any atom is 0.296 e. The van der Waals surface area contributed by atoms with Gasteiger partial charge in [-0.15, -0.1) is 21.5 Å². The van der Waals surface area contributed by atoms with Gasteiger partial charge < -0.3 is 14.6 Å². The van der Waals surface area contributed by atoms with Gasteiger partial charge in [-0.25, -0.2) is 4.98 Å². The average Bonchev–Trinajstić information content (AvgIpc) is 3.63. The molecule has 0 saturated heterocycles. The van der Waals surface area contributed by atoms with Crippen LogP contribution < -0.4 is 14.4 Å². The summed E-state index contributed by atoms with van der Waals surface area (Å²) in [7, 11) is 1.50. The summed E-state index contributed by atoms with van der Waals surface area (Å²) in [5.74, 6) is -0.483. The first-order chi connectivity index (χ1) is 20.1. The fourth-order valence-corrected chi connectivity index (χ4v) is 7.78. The molecule has 4 aromatic rings. The number of benzene rings is 2. The third kappa shape index (κ3) is 5.86. The third-order valence-electron chi connectivity index (χ3n) is 6.33. The molecule has 9 nitrogen and oxygen atoms in total. The largest absolute Gasteiger partial charge is 0.503 e. The normalized spacial score (nSPS) is 15.0. The zero-order valence-corrected chi connectivity index (χ0v) is 26.8. The first kappa shape index (κ1) is 30.3. The highest BCUT2D eigenvalue weighted by Crippen LogP contribution is 2.46. The van der Waals surface area contributed by atoms with Crippen molar-refractivity contribution in [3.63, 3.8) is 0 Å². The lowest BCUT2D eigenvalue weighted by Gasteiger charge is -2.24. The van der Waals surface area contributed by atoms with E-state index in [-0.39, 0.29) is 10.7 Å². The van der Waals surface area contributed by atoms with Gasteiger partial charge in [0, 0.05) is 15.8 Å². The SMILES string of the molecule is CCOc1ccc(C2C(C(=O)c3sc(C)nc3C)=C(O)C(=O)N2c2nnc(SCc3ccc(Cl)cc3Cl)s2)cc1OC. The van der Waals surface area contributed by atoms with Gasteiger partial charge in [0.25, 0.3) is 5.91 Å². The summed E-state index contributed by atoms with van der Waals surface area (Å²) in [6.07, 6.45) is 0. The Bertz CT molecular complexity index is 1720. The molecule has 0 saturated carbocycles. The predicted molar refractivity (Wildman–Crippen MR) is 166 cm³/mol. The molecule has 1 aliphatic heterocycles. The van der Waals surface area contributed by atoms with Crippen LogP contribution in [0.1, 0.15) is 44.5 Å². The fourth-order valence-electron chi connectivity index (χ4n) is 4.48. The topological polar surface area (TPSA) is 115 Å². The summed E-state index contributed by atoms with van der Waals surface area (Å²) in [6.45, 7) is 5.79. The molecule has 218 valence electrons. The second-order valence-corrected chi connectivity index (χ2v) is 13.3. The van der Waals surface area contributed by atoms with Crippen molar-refractivity contribution in [3.8, 4) is 11.5 Å². The molecule has 42 heavy (non-hydrogen) atoms. The molecule has 14 heteroatoms. The molecule has 5 rings (SSSR count). The van der Waals surface area contributed by atoms with Crippen LogP contribution in [0.3, 0.4) is 0 Å². The number of hydrogen-bond acceptors (Lipinski definition) is 11. The van der Waals surface area contributed by atoms with E-state index in [9.17, 15) is 14.7 Å². The number of halogens is 2. The van der Waals surface area contributed by atoms with Crippen molar-refractivity contribution in [3.05, 3.63) is 84.5 Å². The molecule has 1 unspecified atom stereocenters. The zero-order chi connectivity index (χ0) is 30.1. The van der Waals surface area contributed by atoms with E-state index < -0.39 is 23.5 Å². The van der Waals surface area contributed by atoms with Crippen LogP contribution in [0.25, 0.3) is 0 Å². The van der Waals surface area contributed by atoms with Gasteiger partial charge in [0.15, 0.2) is 21.6 Å². The highest BCUT2D eigenvalue weighted by Gasteiger charge is 2.47. The molecule has 0 bridgehead atoms. The van der Waals surface area contributed by atoms with Crippen molar-refractivity contribution >= 4 is 74.5 Å². The zero-order valence-electron chi connectivity index (χ0n) is 22.8. The number of thioether (sulfide) groups is 1. The van der Waals surface area contributed by atoms with Gasteiger partial charge in [0.2, 0.25) is 10.9 Å². The lowest BCUT2D eigenvalue weighted by molar-refractivity contribution is -0.117. The van der Waals surface area contributed by atoms with E-state index >= 15 is 0 Å². The van der Waals surface area contributed by atoms with Crippen LogP contribution in [-0.2, 0) is 10.5 Å². The van der Waals surface area contributed by atoms with Gasteiger partial charge in [-0.3, -0.25) is 14.5 Å². The highest BCUT2D eigenvalue weighted by molar-refractivity contribution is 8.00. The van der Waals surface area contributed by atoms with Gasteiger partial charge in [-0.2, -0.15) is 0 Å². The minimum atomic E-state index is -1.01. The quantitative estimate of drug-likeness (QED) is 0.105. The average molecular weight is 664 g/mol. The van der Waals surface area contributed by atoms with Gasteiger partial charge in [-0.05, 0) is 56.2 Å². The molecule has 2 aromatic carbocycles. The molecular weight excluding hydrogens is 639 g/mol. The van der Waals surface area contributed by atoms with Crippen molar-refractivity contribution in [1.82, 2.24) is 15.2 Å². The van der Waals surface area contributed by atoms with Crippen LogP contribution in [0.4, 0.5) is 5.13 Å². The number of aliphatic hydroxyl groups excluding tert-OH is 1. The van der Waals surface area contributed by atoms with Gasteiger partial charge >= 0.3 is 0 Å². The summed E-state index contributed by atoms with van der Waals surface area (Å²) < 4.78 is 11.8. The number of anilines is 1. The van der Waals surface area contributed by atoms with Crippen molar-refractivity contribution in [2.45, 2.75) is 36.9 Å². The number of aliphatic hydroxyl groups is 1. The standard InChI is InChI=1S/C28H24Cl2N4O5S3/c1-5-39-19-9-7-15(10-20(19)38-4)22-21(23(35)25-13(2)31-14(3)41-25)24(36)26(37)34(22)27-32-33-28(42-27)40-12-16-6-8-17(29)11-18(16)30/h6-11,22,36H,5,12H2,1-4H3. The van der Waals surface area contributed by atoms with E-state index in [1.807, 2.05) is 13.0 Å². The van der Waals surface area contributed by atoms with Crippen molar-refractivity contribution < 1.29 is 24.2 Å². The number of rotatable bonds is 10.